The summed E-state index contributed by atoms with van der Waals surface area (Å²) < 4.78 is 0.803. The van der Waals surface area contributed by atoms with Crippen molar-refractivity contribution < 1.29 is 19.5 Å². The molecule has 2 aromatic rings. The average Bonchev–Trinajstić information content (AvgIpc) is 2.60. The number of aliphatic carboxylic acids is 1. The van der Waals surface area contributed by atoms with Crippen LogP contribution in [-0.4, -0.2) is 28.6 Å². The smallest absolute Gasteiger partial charge is 0.328 e. The number of thioether (sulfide) groups is 1. The summed E-state index contributed by atoms with van der Waals surface area (Å²) in [7, 11) is 0. The van der Waals surface area contributed by atoms with Crippen molar-refractivity contribution in [2.24, 2.45) is 0 Å². The van der Waals surface area contributed by atoms with Crippen LogP contribution in [0.2, 0.25) is 0 Å². The van der Waals surface area contributed by atoms with Gasteiger partial charge in [-0.05, 0) is 46.3 Å². The van der Waals surface area contributed by atoms with E-state index in [9.17, 15) is 14.4 Å². The first-order valence-corrected chi connectivity index (χ1v) is 9.21. The monoisotopic (exact) mass is 434 g/mol. The van der Waals surface area contributed by atoms with Gasteiger partial charge >= 0.3 is 5.97 Å². The third-order valence-corrected chi connectivity index (χ3v) is 4.68. The molecule has 3 N–H and O–H groups in total. The Balaban J connectivity index is 1.90. The number of para-hydroxylation sites is 1. The topological polar surface area (TPSA) is 95.5 Å². The summed E-state index contributed by atoms with van der Waals surface area (Å²) in [5.74, 6) is -1.68. The maximum atomic E-state index is 12.1. The van der Waals surface area contributed by atoms with Gasteiger partial charge in [-0.1, -0.05) is 18.2 Å². The molecule has 134 valence electrons. The normalized spacial score (nSPS) is 10.5. The number of nitrogens with one attached hydrogen (secondary N) is 2. The fourth-order valence-corrected chi connectivity index (χ4v) is 3.03. The van der Waals surface area contributed by atoms with Gasteiger partial charge in [0.1, 0.15) is 0 Å². The minimum atomic E-state index is -1.19. The molecule has 0 aromatic heterocycles. The first-order chi connectivity index (χ1) is 12.4. The van der Waals surface area contributed by atoms with E-state index in [0.717, 1.165) is 21.5 Å². The first kappa shape index (κ1) is 19.7. The molecule has 26 heavy (non-hydrogen) atoms. The molecular weight excluding hydrogens is 420 g/mol. The summed E-state index contributed by atoms with van der Waals surface area (Å²) >= 11 is 4.69. The minimum Gasteiger partial charge on any atom is -0.478 e. The van der Waals surface area contributed by atoms with Gasteiger partial charge in [-0.15, -0.1) is 11.8 Å². The zero-order valence-corrected chi connectivity index (χ0v) is 15.8. The Bertz CT molecular complexity index is 855. The Hall–Kier alpha value is -2.58. The van der Waals surface area contributed by atoms with Gasteiger partial charge in [-0.25, -0.2) is 4.79 Å². The third kappa shape index (κ3) is 6.73. The van der Waals surface area contributed by atoms with Gasteiger partial charge in [0, 0.05) is 27.2 Å². The van der Waals surface area contributed by atoms with E-state index in [1.807, 2.05) is 24.3 Å². The quantitative estimate of drug-likeness (QED) is 0.455. The molecule has 8 heteroatoms. The summed E-state index contributed by atoms with van der Waals surface area (Å²) in [4.78, 5) is 34.9. The number of amides is 2. The van der Waals surface area contributed by atoms with Gasteiger partial charge in [0.05, 0.1) is 11.4 Å². The van der Waals surface area contributed by atoms with Gasteiger partial charge in [-0.3, -0.25) is 9.59 Å². The van der Waals surface area contributed by atoms with E-state index in [1.165, 1.54) is 11.8 Å². The molecule has 0 radical (unpaired) electrons. The highest BCUT2D eigenvalue weighted by Gasteiger charge is 2.07. The van der Waals surface area contributed by atoms with Gasteiger partial charge in [0.25, 0.3) is 0 Å². The van der Waals surface area contributed by atoms with Crippen LogP contribution in [-0.2, 0) is 14.4 Å². The number of halogens is 1. The molecule has 2 aromatic carbocycles. The molecule has 0 bridgehead atoms. The Morgan fingerprint density at radius 3 is 2.54 bits per heavy atom. The number of carboxylic acid groups (broad SMARTS) is 1. The fraction of sp³-hybridized carbons (Fsp3) is 0.0556. The molecule has 0 aliphatic rings. The molecule has 0 aliphatic heterocycles. The number of carbonyl (C=O) groups excluding carboxylic acids is 2. The van der Waals surface area contributed by atoms with Crippen LogP contribution >= 0.6 is 27.7 Å². The highest BCUT2D eigenvalue weighted by Crippen LogP contribution is 2.24. The van der Waals surface area contributed by atoms with E-state index in [0.29, 0.717) is 11.4 Å². The van der Waals surface area contributed by atoms with E-state index in [2.05, 4.69) is 26.6 Å². The number of carbonyl (C=O) groups is 3. The van der Waals surface area contributed by atoms with Crippen LogP contribution in [0.5, 0.6) is 0 Å². The lowest BCUT2D eigenvalue weighted by molar-refractivity contribution is -0.131. The largest absolute Gasteiger partial charge is 0.478 e. The summed E-state index contributed by atoms with van der Waals surface area (Å²) in [6.07, 6.45) is 1.70. The number of carboxylic acids is 1. The van der Waals surface area contributed by atoms with Gasteiger partial charge in [0.2, 0.25) is 11.8 Å². The average molecular weight is 435 g/mol. The lowest BCUT2D eigenvalue weighted by Gasteiger charge is -2.08. The second kappa shape index (κ2) is 9.79. The highest BCUT2D eigenvalue weighted by molar-refractivity contribution is 9.10. The van der Waals surface area contributed by atoms with Crippen molar-refractivity contribution in [1.82, 2.24) is 0 Å². The Kier molecular flexibility index (Phi) is 7.43. The van der Waals surface area contributed by atoms with Crippen LogP contribution in [0.25, 0.3) is 0 Å². The summed E-state index contributed by atoms with van der Waals surface area (Å²) in [6.45, 7) is 0. The molecule has 0 spiro atoms. The maximum absolute atomic E-state index is 12.1. The van der Waals surface area contributed by atoms with Crippen molar-refractivity contribution in [3.63, 3.8) is 0 Å². The molecule has 2 amide bonds. The van der Waals surface area contributed by atoms with Crippen molar-refractivity contribution in [2.75, 3.05) is 16.4 Å². The van der Waals surface area contributed by atoms with Gasteiger partial charge in [-0.2, -0.15) is 0 Å². The van der Waals surface area contributed by atoms with Crippen LogP contribution in [0, 0.1) is 0 Å². The van der Waals surface area contributed by atoms with Crippen LogP contribution in [0.15, 0.2) is 70.1 Å². The minimum absolute atomic E-state index is 0.152. The van der Waals surface area contributed by atoms with Crippen LogP contribution in [0.3, 0.4) is 0 Å². The number of benzene rings is 2. The van der Waals surface area contributed by atoms with Crippen LogP contribution in [0.4, 0.5) is 11.4 Å². The van der Waals surface area contributed by atoms with E-state index < -0.39 is 11.9 Å². The highest BCUT2D eigenvalue weighted by atomic mass is 79.9. The van der Waals surface area contributed by atoms with Crippen molar-refractivity contribution in [3.8, 4) is 0 Å². The fourth-order valence-electron chi connectivity index (χ4n) is 1.89. The zero-order chi connectivity index (χ0) is 18.9. The maximum Gasteiger partial charge on any atom is 0.328 e. The molecule has 6 nitrogen and oxygen atoms in total. The summed E-state index contributed by atoms with van der Waals surface area (Å²) in [5, 5.41) is 13.9. The summed E-state index contributed by atoms with van der Waals surface area (Å²) in [6, 6.07) is 14.3. The molecule has 0 saturated heterocycles. The van der Waals surface area contributed by atoms with Crippen molar-refractivity contribution in [3.05, 3.63) is 65.2 Å². The molecule has 0 heterocycles. The zero-order valence-electron chi connectivity index (χ0n) is 13.4. The number of hydrogen-bond donors (Lipinski definition) is 3. The molecule has 0 aliphatic carbocycles. The van der Waals surface area contributed by atoms with Crippen molar-refractivity contribution in [1.29, 1.82) is 0 Å². The Labute approximate surface area is 162 Å². The van der Waals surface area contributed by atoms with E-state index in [4.69, 9.17) is 5.11 Å². The molecule has 0 saturated carbocycles. The number of rotatable bonds is 7. The predicted octanol–water partition coefficient (Wildman–Crippen LogP) is 3.76. The predicted molar refractivity (Wildman–Crippen MR) is 105 cm³/mol. The van der Waals surface area contributed by atoms with Crippen molar-refractivity contribution in [2.45, 2.75) is 4.90 Å². The second-order valence-corrected chi connectivity index (χ2v) is 6.91. The standard InChI is InChI=1S/C18H15BrN2O4S/c19-14-6-1-2-7-15(14)21-17(23)11-26-13-5-3-4-12(10-13)20-16(22)8-9-18(24)25/h1-10H,11H2,(H,20,22)(H,21,23)(H,24,25)/b9-8+. The lowest BCUT2D eigenvalue weighted by atomic mass is 10.3. The first-order valence-electron chi connectivity index (χ1n) is 7.43. The van der Waals surface area contributed by atoms with Crippen LogP contribution < -0.4 is 10.6 Å². The molecule has 2 rings (SSSR count). The summed E-state index contributed by atoms with van der Waals surface area (Å²) in [5.41, 5.74) is 1.21. The van der Waals surface area contributed by atoms with E-state index in [-0.39, 0.29) is 11.7 Å². The number of anilines is 2. The SMILES string of the molecule is O=C(O)/C=C/C(=O)Nc1cccc(SCC(=O)Nc2ccccc2Br)c1. The molecule has 0 atom stereocenters. The lowest BCUT2D eigenvalue weighted by Crippen LogP contribution is -2.14. The number of hydrogen-bond acceptors (Lipinski definition) is 4. The third-order valence-electron chi connectivity index (χ3n) is 3.00. The molecule has 0 fully saturated rings. The van der Waals surface area contributed by atoms with E-state index >= 15 is 0 Å². The Morgan fingerprint density at radius 1 is 1.04 bits per heavy atom. The van der Waals surface area contributed by atoms with E-state index in [1.54, 1.807) is 24.3 Å². The molecular formula is C18H15BrN2O4S. The van der Waals surface area contributed by atoms with Gasteiger partial charge < -0.3 is 15.7 Å². The Morgan fingerprint density at radius 2 is 1.81 bits per heavy atom. The van der Waals surface area contributed by atoms with Crippen molar-refractivity contribution >= 4 is 56.9 Å². The van der Waals surface area contributed by atoms with Crippen LogP contribution in [0.1, 0.15) is 0 Å². The second-order valence-electron chi connectivity index (χ2n) is 5.01. The van der Waals surface area contributed by atoms with Gasteiger partial charge in [0.15, 0.2) is 0 Å². The molecule has 0 unspecified atom stereocenters.